The Bertz CT molecular complexity index is 674. The average molecular weight is 273 g/mol. The zero-order chi connectivity index (χ0) is 14.1. The lowest BCUT2D eigenvalue weighted by Crippen LogP contribution is -2.35. The van der Waals surface area contributed by atoms with Gasteiger partial charge in [-0.3, -0.25) is 9.59 Å². The van der Waals surface area contributed by atoms with Crippen LogP contribution in [0.4, 0.5) is 0 Å². The molecule has 2 heterocycles. The van der Waals surface area contributed by atoms with E-state index in [1.807, 2.05) is 18.2 Å². The van der Waals surface area contributed by atoms with E-state index in [1.165, 1.54) is 6.26 Å². The predicted molar refractivity (Wildman–Crippen MR) is 72.4 cm³/mol. The Hall–Kier alpha value is -2.30. The molecule has 0 bridgehead atoms. The van der Waals surface area contributed by atoms with Crippen molar-refractivity contribution in [3.05, 3.63) is 35.6 Å². The van der Waals surface area contributed by atoms with E-state index in [9.17, 15) is 9.59 Å². The lowest BCUT2D eigenvalue weighted by atomic mass is 10.1. The first-order valence-corrected chi connectivity index (χ1v) is 6.64. The van der Waals surface area contributed by atoms with Gasteiger partial charge in [0.1, 0.15) is 18.5 Å². The van der Waals surface area contributed by atoms with Crippen LogP contribution in [0.3, 0.4) is 0 Å². The maximum absolute atomic E-state index is 12.2. The summed E-state index contributed by atoms with van der Waals surface area (Å²) in [4.78, 5) is 23.3. The van der Waals surface area contributed by atoms with Gasteiger partial charge in [-0.25, -0.2) is 0 Å². The molecule has 20 heavy (non-hydrogen) atoms. The van der Waals surface area contributed by atoms with Gasteiger partial charge in [-0.15, -0.1) is 0 Å². The summed E-state index contributed by atoms with van der Waals surface area (Å²) >= 11 is 0. The Morgan fingerprint density at radius 3 is 3.00 bits per heavy atom. The van der Waals surface area contributed by atoms with Crippen LogP contribution in [-0.2, 0) is 16.0 Å². The van der Waals surface area contributed by atoms with Gasteiger partial charge in [0, 0.05) is 5.39 Å². The standard InChI is InChI=1S/C15H15NO4/c1-2-9-3-4-13-11(5-9)12(8-19-13)15(18)16-10-6-14(17)20-7-10/h3-5,8,10H,2,6-7H2,1H3,(H,16,18)/t10-/m0/s1. The summed E-state index contributed by atoms with van der Waals surface area (Å²) in [5.41, 5.74) is 2.33. The van der Waals surface area contributed by atoms with Crippen molar-refractivity contribution < 1.29 is 18.7 Å². The third kappa shape index (κ3) is 2.27. The molecule has 1 fully saturated rings. The summed E-state index contributed by atoms with van der Waals surface area (Å²) in [7, 11) is 0. The Morgan fingerprint density at radius 2 is 2.30 bits per heavy atom. The highest BCUT2D eigenvalue weighted by Gasteiger charge is 2.26. The number of ether oxygens (including phenoxy) is 1. The fourth-order valence-corrected chi connectivity index (χ4v) is 2.34. The number of cyclic esters (lactones) is 1. The number of amides is 1. The molecule has 1 aromatic carbocycles. The Kier molecular flexibility index (Phi) is 3.18. The number of rotatable bonds is 3. The summed E-state index contributed by atoms with van der Waals surface area (Å²) < 4.78 is 10.2. The second kappa shape index (κ2) is 5.00. The van der Waals surface area contributed by atoms with Gasteiger partial charge >= 0.3 is 5.97 Å². The van der Waals surface area contributed by atoms with E-state index in [1.54, 1.807) is 0 Å². The molecule has 5 heteroatoms. The molecular weight excluding hydrogens is 258 g/mol. The first-order valence-electron chi connectivity index (χ1n) is 6.64. The highest BCUT2D eigenvalue weighted by molar-refractivity contribution is 6.06. The minimum atomic E-state index is -0.277. The first kappa shape index (κ1) is 12.7. The third-order valence-corrected chi connectivity index (χ3v) is 3.48. The van der Waals surface area contributed by atoms with Crippen LogP contribution in [-0.4, -0.2) is 24.5 Å². The zero-order valence-electron chi connectivity index (χ0n) is 11.1. The molecule has 0 radical (unpaired) electrons. The third-order valence-electron chi connectivity index (χ3n) is 3.48. The topological polar surface area (TPSA) is 68.5 Å². The molecule has 5 nitrogen and oxygen atoms in total. The summed E-state index contributed by atoms with van der Waals surface area (Å²) in [5, 5.41) is 3.59. The van der Waals surface area contributed by atoms with Gasteiger partial charge in [0.2, 0.25) is 0 Å². The molecule has 1 amide bonds. The normalized spacial score (nSPS) is 18.2. The largest absolute Gasteiger partial charge is 0.463 e. The molecule has 1 N–H and O–H groups in total. The van der Waals surface area contributed by atoms with Crippen LogP contribution in [0.1, 0.15) is 29.3 Å². The van der Waals surface area contributed by atoms with E-state index >= 15 is 0 Å². The number of esters is 1. The van der Waals surface area contributed by atoms with E-state index in [2.05, 4.69) is 12.2 Å². The molecule has 1 aliphatic heterocycles. The van der Waals surface area contributed by atoms with E-state index in [0.29, 0.717) is 11.1 Å². The molecule has 1 aromatic heterocycles. The summed E-state index contributed by atoms with van der Waals surface area (Å²) in [5.74, 6) is -0.513. The highest BCUT2D eigenvalue weighted by atomic mass is 16.5. The maximum atomic E-state index is 12.2. The fraction of sp³-hybridized carbons (Fsp3) is 0.333. The van der Waals surface area contributed by atoms with Gasteiger partial charge in [-0.05, 0) is 24.1 Å². The molecule has 104 valence electrons. The van der Waals surface area contributed by atoms with Crippen molar-refractivity contribution in [2.45, 2.75) is 25.8 Å². The number of aryl methyl sites for hydroxylation is 1. The highest BCUT2D eigenvalue weighted by Crippen LogP contribution is 2.23. The van der Waals surface area contributed by atoms with Gasteiger partial charge in [0.15, 0.2) is 0 Å². The fourth-order valence-electron chi connectivity index (χ4n) is 2.34. The van der Waals surface area contributed by atoms with Gasteiger partial charge in [-0.1, -0.05) is 13.0 Å². The molecule has 2 aromatic rings. The predicted octanol–water partition coefficient (Wildman–Crippen LogP) is 2.04. The van der Waals surface area contributed by atoms with Gasteiger partial charge in [0.05, 0.1) is 18.0 Å². The number of fused-ring (bicyclic) bond motifs is 1. The number of hydrogen-bond donors (Lipinski definition) is 1. The molecule has 0 aliphatic carbocycles. The van der Waals surface area contributed by atoms with Crippen LogP contribution in [0.5, 0.6) is 0 Å². The van der Waals surface area contributed by atoms with E-state index in [4.69, 9.17) is 9.15 Å². The summed E-state index contributed by atoms with van der Waals surface area (Å²) in [6, 6.07) is 5.56. The van der Waals surface area contributed by atoms with Gasteiger partial charge in [0.25, 0.3) is 5.91 Å². The number of benzene rings is 1. The molecule has 3 rings (SSSR count). The van der Waals surface area contributed by atoms with E-state index < -0.39 is 0 Å². The average Bonchev–Trinajstić information content (AvgIpc) is 3.04. The number of carbonyl (C=O) groups is 2. The quantitative estimate of drug-likeness (QED) is 0.869. The SMILES string of the molecule is CCc1ccc2occ(C(=O)N[C@@H]3COC(=O)C3)c2c1. The molecule has 1 saturated heterocycles. The molecule has 1 atom stereocenters. The van der Waals surface area contributed by atoms with Crippen LogP contribution < -0.4 is 5.32 Å². The Balaban J connectivity index is 1.85. The number of carbonyl (C=O) groups excluding carboxylic acids is 2. The van der Waals surface area contributed by atoms with Crippen molar-refractivity contribution in [3.8, 4) is 0 Å². The summed E-state index contributed by atoms with van der Waals surface area (Å²) in [6.45, 7) is 2.29. The number of nitrogens with one attached hydrogen (secondary N) is 1. The molecule has 0 unspecified atom stereocenters. The maximum Gasteiger partial charge on any atom is 0.308 e. The minimum absolute atomic E-state index is 0.224. The second-order valence-corrected chi connectivity index (χ2v) is 4.89. The van der Waals surface area contributed by atoms with E-state index in [-0.39, 0.29) is 30.9 Å². The van der Waals surface area contributed by atoms with Crippen molar-refractivity contribution in [2.24, 2.45) is 0 Å². The van der Waals surface area contributed by atoms with Crippen molar-refractivity contribution in [2.75, 3.05) is 6.61 Å². The zero-order valence-corrected chi connectivity index (χ0v) is 11.1. The summed E-state index contributed by atoms with van der Waals surface area (Å²) in [6.07, 6.45) is 2.58. The van der Waals surface area contributed by atoms with Crippen LogP contribution in [0.2, 0.25) is 0 Å². The van der Waals surface area contributed by atoms with Crippen LogP contribution >= 0.6 is 0 Å². The van der Waals surface area contributed by atoms with Crippen molar-refractivity contribution in [1.29, 1.82) is 0 Å². The van der Waals surface area contributed by atoms with E-state index in [0.717, 1.165) is 17.4 Å². The van der Waals surface area contributed by atoms with Crippen LogP contribution in [0.25, 0.3) is 11.0 Å². The number of furan rings is 1. The molecule has 0 spiro atoms. The molecule has 0 saturated carbocycles. The van der Waals surface area contributed by atoms with Crippen LogP contribution in [0, 0.1) is 0 Å². The lowest BCUT2D eigenvalue weighted by molar-refractivity contribution is -0.137. The minimum Gasteiger partial charge on any atom is -0.463 e. The lowest BCUT2D eigenvalue weighted by Gasteiger charge is -2.08. The Morgan fingerprint density at radius 1 is 1.45 bits per heavy atom. The van der Waals surface area contributed by atoms with Crippen molar-refractivity contribution >= 4 is 22.8 Å². The monoisotopic (exact) mass is 273 g/mol. The number of hydrogen-bond acceptors (Lipinski definition) is 4. The molecule has 1 aliphatic rings. The van der Waals surface area contributed by atoms with Gasteiger partial charge < -0.3 is 14.5 Å². The van der Waals surface area contributed by atoms with Gasteiger partial charge in [-0.2, -0.15) is 0 Å². The molecular formula is C15H15NO4. The van der Waals surface area contributed by atoms with Crippen molar-refractivity contribution in [1.82, 2.24) is 5.32 Å². The Labute approximate surface area is 115 Å². The second-order valence-electron chi connectivity index (χ2n) is 4.89. The smallest absolute Gasteiger partial charge is 0.308 e. The van der Waals surface area contributed by atoms with Crippen molar-refractivity contribution in [3.63, 3.8) is 0 Å². The first-order chi connectivity index (χ1) is 9.67. The van der Waals surface area contributed by atoms with Crippen LogP contribution in [0.15, 0.2) is 28.9 Å².